The molecule has 3 aliphatic heterocycles. The molecule has 2 N–H and O–H groups in total. The number of anilines is 1. The molecular weight excluding hydrogens is 871 g/mol. The van der Waals surface area contributed by atoms with E-state index in [-0.39, 0.29) is 25.7 Å². The predicted octanol–water partition coefficient (Wildman–Crippen LogP) is 7.60. The molecule has 6 heterocycles. The van der Waals surface area contributed by atoms with Crippen LogP contribution in [-0.2, 0) is 48.8 Å². The fourth-order valence-corrected chi connectivity index (χ4v) is 9.71. The number of alkyl carbamates (subject to hydrolysis) is 1. The first-order chi connectivity index (χ1) is 31.9. The Morgan fingerprint density at radius 2 is 1.76 bits per heavy atom. The summed E-state index contributed by atoms with van der Waals surface area (Å²) in [5, 5.41) is 18.4. The Balaban J connectivity index is 1.17. The lowest BCUT2D eigenvalue weighted by atomic mass is 9.84. The van der Waals surface area contributed by atoms with Gasteiger partial charge in [0.1, 0.15) is 35.6 Å². The van der Waals surface area contributed by atoms with Crippen LogP contribution in [-0.4, -0.2) is 106 Å². The minimum Gasteiger partial charge on any atom is -0.464 e. The number of aromatic nitrogens is 3. The van der Waals surface area contributed by atoms with E-state index in [0.717, 1.165) is 44.7 Å². The summed E-state index contributed by atoms with van der Waals surface area (Å²) in [7, 11) is 0. The third-order valence-electron chi connectivity index (χ3n) is 12.2. The van der Waals surface area contributed by atoms with E-state index in [9.17, 15) is 24.4 Å². The Hall–Kier alpha value is -6.51. The first kappa shape index (κ1) is 47.0. The number of carbonyl (C=O) groups excluding carboxylic acids is 4. The molecule has 0 radical (unpaired) electrons. The number of ether oxygens (including phenoxy) is 3. The summed E-state index contributed by atoms with van der Waals surface area (Å²) in [5.41, 5.74) is 6.66. The third kappa shape index (κ3) is 10.7. The van der Waals surface area contributed by atoms with Crippen LogP contribution in [0.5, 0.6) is 0 Å². The molecule has 3 amide bonds. The Morgan fingerprint density at radius 3 is 2.49 bits per heavy atom. The Kier molecular flexibility index (Phi) is 13.3. The van der Waals surface area contributed by atoms with Crippen LogP contribution in [0, 0.1) is 16.7 Å². The minimum absolute atomic E-state index is 0.0728. The molecule has 3 aromatic heterocycles. The van der Waals surface area contributed by atoms with E-state index >= 15 is 0 Å². The van der Waals surface area contributed by atoms with Crippen LogP contribution in [0.25, 0.3) is 33.4 Å². The molecule has 2 fully saturated rings. The second-order valence-electron chi connectivity index (χ2n) is 19.8. The highest BCUT2D eigenvalue weighted by molar-refractivity contribution is 7.10. The van der Waals surface area contributed by atoms with Crippen LogP contribution in [0.2, 0.25) is 0 Å². The number of nitrogens with one attached hydrogen (secondary N) is 2. The van der Waals surface area contributed by atoms with Gasteiger partial charge in [0, 0.05) is 72.6 Å². The molecule has 8 rings (SSSR count). The van der Waals surface area contributed by atoms with Gasteiger partial charge in [-0.1, -0.05) is 50.2 Å². The molecule has 67 heavy (non-hydrogen) atoms. The number of benzene rings is 2. The van der Waals surface area contributed by atoms with Crippen LogP contribution in [0.3, 0.4) is 0 Å². The molecule has 2 atom stereocenters. The van der Waals surface area contributed by atoms with Crippen LogP contribution >= 0.6 is 11.3 Å². The number of hydrogen-bond acceptors (Lipinski definition) is 13. The molecular formula is C50H59N9O7S. The van der Waals surface area contributed by atoms with Gasteiger partial charge in [-0.3, -0.25) is 14.6 Å². The van der Waals surface area contributed by atoms with E-state index in [4.69, 9.17) is 24.2 Å². The topological polar surface area (TPSA) is 184 Å². The number of piperazine rings is 1. The van der Waals surface area contributed by atoms with Crippen LogP contribution in [0.4, 0.5) is 15.4 Å². The number of rotatable bonds is 6. The number of fused-ring (bicyclic) bond motifs is 6. The van der Waals surface area contributed by atoms with Gasteiger partial charge >= 0.3 is 18.2 Å². The number of pyridine rings is 1. The van der Waals surface area contributed by atoms with Crippen molar-refractivity contribution < 1.29 is 33.4 Å². The van der Waals surface area contributed by atoms with E-state index in [1.54, 1.807) is 31.9 Å². The summed E-state index contributed by atoms with van der Waals surface area (Å²) in [6, 6.07) is 20.5. The summed E-state index contributed by atoms with van der Waals surface area (Å²) in [6.45, 7) is 15.8. The average molecular weight is 930 g/mol. The second-order valence-corrected chi connectivity index (χ2v) is 20.7. The maximum Gasteiger partial charge on any atom is 0.410 e. The van der Waals surface area contributed by atoms with Gasteiger partial charge in [-0.2, -0.15) is 5.26 Å². The van der Waals surface area contributed by atoms with Crippen molar-refractivity contribution in [3.05, 3.63) is 88.4 Å². The fourth-order valence-electron chi connectivity index (χ4n) is 8.86. The van der Waals surface area contributed by atoms with Gasteiger partial charge in [-0.25, -0.2) is 25.0 Å². The first-order valence-electron chi connectivity index (χ1n) is 22.8. The summed E-state index contributed by atoms with van der Waals surface area (Å²) < 4.78 is 19.4. The lowest BCUT2D eigenvalue weighted by Crippen LogP contribution is -2.60. The van der Waals surface area contributed by atoms with Crippen molar-refractivity contribution in [2.24, 2.45) is 5.41 Å². The zero-order valence-electron chi connectivity index (χ0n) is 39.3. The highest BCUT2D eigenvalue weighted by Gasteiger charge is 2.37. The van der Waals surface area contributed by atoms with Crippen LogP contribution in [0.15, 0.2) is 72.2 Å². The van der Waals surface area contributed by atoms with Crippen LogP contribution in [0.1, 0.15) is 77.4 Å². The number of hydrazine groups is 1. The largest absolute Gasteiger partial charge is 0.464 e. The smallest absolute Gasteiger partial charge is 0.410 e. The quantitative estimate of drug-likeness (QED) is 0.126. The monoisotopic (exact) mass is 929 g/mol. The summed E-state index contributed by atoms with van der Waals surface area (Å²) in [4.78, 5) is 67.8. The lowest BCUT2D eigenvalue weighted by Gasteiger charge is -2.35. The van der Waals surface area contributed by atoms with Gasteiger partial charge in [0.2, 0.25) is 0 Å². The highest BCUT2D eigenvalue weighted by atomic mass is 32.1. The summed E-state index contributed by atoms with van der Waals surface area (Å²) >= 11 is 1.39. The second kappa shape index (κ2) is 19.0. The molecule has 16 nitrogen and oxygen atoms in total. The van der Waals surface area contributed by atoms with Crippen molar-refractivity contribution in [1.82, 2.24) is 35.2 Å². The molecule has 0 spiro atoms. The number of esters is 1. The van der Waals surface area contributed by atoms with E-state index in [1.807, 2.05) is 73.8 Å². The van der Waals surface area contributed by atoms with Gasteiger partial charge in [0.05, 0.1) is 34.6 Å². The van der Waals surface area contributed by atoms with Crippen molar-refractivity contribution in [1.29, 1.82) is 5.26 Å². The Morgan fingerprint density at radius 1 is 1.00 bits per heavy atom. The maximum absolute atomic E-state index is 14.2. The zero-order valence-corrected chi connectivity index (χ0v) is 40.1. The molecule has 0 unspecified atom stereocenters. The highest BCUT2D eigenvalue weighted by Crippen LogP contribution is 2.43. The molecule has 5 aromatic rings. The SMILES string of the molecule is CC1(C)COC(=O)[C@@H]2CCCN(N2)C(=O)[C@@H](NC(=O)OC(C)(C)C)Cc2nc(cs2)-c2ccc3c(c2)c(c(-c2ccnc(N4CCN(C(=O)OCc5ccccc5)CC4)c2)n3C(C)(C)C#N)C1. The molecule has 0 saturated carbocycles. The van der Waals surface area contributed by atoms with Gasteiger partial charge in [0.25, 0.3) is 5.91 Å². The van der Waals surface area contributed by atoms with Crippen LogP contribution < -0.4 is 15.6 Å². The Labute approximate surface area is 395 Å². The predicted molar refractivity (Wildman–Crippen MR) is 255 cm³/mol. The summed E-state index contributed by atoms with van der Waals surface area (Å²) in [5.74, 6) is -0.154. The Bertz CT molecular complexity index is 2690. The number of hydrogen-bond donors (Lipinski definition) is 2. The van der Waals surface area contributed by atoms with E-state index in [2.05, 4.69) is 46.2 Å². The average Bonchev–Trinajstić information content (AvgIpc) is 3.91. The van der Waals surface area contributed by atoms with Crippen molar-refractivity contribution in [2.75, 3.05) is 44.2 Å². The fraction of sp³-hybridized carbons (Fsp3) is 0.460. The van der Waals surface area contributed by atoms with E-state index < -0.39 is 46.6 Å². The molecule has 352 valence electrons. The van der Waals surface area contributed by atoms with E-state index in [1.165, 1.54) is 16.3 Å². The van der Waals surface area contributed by atoms with Crippen molar-refractivity contribution >= 4 is 52.1 Å². The van der Waals surface area contributed by atoms with Gasteiger partial charge in [-0.05, 0) is 89.3 Å². The minimum atomic E-state index is -1.04. The lowest BCUT2D eigenvalue weighted by molar-refractivity contribution is -0.155. The number of amides is 3. The molecule has 2 aromatic carbocycles. The number of thiazole rings is 1. The van der Waals surface area contributed by atoms with Gasteiger partial charge in [0.15, 0.2) is 0 Å². The number of nitrogens with zero attached hydrogens (tertiary/aromatic N) is 7. The maximum atomic E-state index is 14.2. The molecule has 2 saturated heterocycles. The van der Waals surface area contributed by atoms with E-state index in [0.29, 0.717) is 62.7 Å². The normalized spacial score (nSPS) is 19.3. The molecule has 0 aliphatic carbocycles. The third-order valence-corrected chi connectivity index (χ3v) is 13.1. The standard InChI is InChI=1S/C50H59N9O7S/c1-48(2,3)66-46(62)54-38-26-42-53-39(29-67-42)33-15-16-40-35(24-33)36(27-49(4,5)31-65-45(61)37-14-11-19-58(55-37)44(38)60)43(59(40)50(6,7)30-51)34-17-18-52-41(25-34)56-20-22-57(23-21-56)47(63)64-28-32-12-9-8-10-13-32/h8-10,12-13,15-18,24-25,29,37-38,55H,11,14,19-23,26-28,31H2,1-7H3,(H,54,62)/t37-,38-/m0/s1. The number of nitriles is 1. The molecule has 6 bridgehead atoms. The molecule has 17 heteroatoms. The van der Waals surface area contributed by atoms with Crippen molar-refractivity contribution in [3.8, 4) is 28.6 Å². The van der Waals surface area contributed by atoms with Gasteiger partial charge < -0.3 is 33.9 Å². The number of cyclic esters (lactones) is 1. The summed E-state index contributed by atoms with van der Waals surface area (Å²) in [6.07, 6.45) is 2.26. The van der Waals surface area contributed by atoms with Crippen molar-refractivity contribution in [2.45, 2.75) is 104 Å². The number of carbonyl (C=O) groups is 4. The zero-order chi connectivity index (χ0) is 47.7. The van der Waals surface area contributed by atoms with Crippen molar-refractivity contribution in [3.63, 3.8) is 0 Å². The van der Waals surface area contributed by atoms with Gasteiger partial charge in [-0.15, -0.1) is 11.3 Å². The first-order valence-corrected chi connectivity index (χ1v) is 23.7. The molecule has 3 aliphatic rings.